The number of ether oxygens (including phenoxy) is 2. The van der Waals surface area contributed by atoms with Crippen LogP contribution < -0.4 is 20.5 Å². The minimum Gasteiger partial charge on any atom is -0.493 e. The molecule has 1 heterocycles. The number of carbonyl (C=O) groups is 2. The molecule has 10 nitrogen and oxygen atoms in total. The van der Waals surface area contributed by atoms with Gasteiger partial charge in [-0.25, -0.2) is 4.79 Å². The molecule has 0 aliphatic carbocycles. The minimum atomic E-state index is -1.03. The van der Waals surface area contributed by atoms with Gasteiger partial charge < -0.3 is 35.7 Å². The number of anilines is 1. The first-order valence-corrected chi connectivity index (χ1v) is 12.1. The Kier molecular flexibility index (Phi) is 8.32. The van der Waals surface area contributed by atoms with Crippen molar-refractivity contribution in [3.05, 3.63) is 89.5 Å². The second kappa shape index (κ2) is 12.0. The van der Waals surface area contributed by atoms with Crippen LogP contribution in [0.1, 0.15) is 35.6 Å². The first-order valence-electron chi connectivity index (χ1n) is 12.1. The zero-order valence-corrected chi connectivity index (χ0v) is 20.9. The molecule has 1 aliphatic rings. The van der Waals surface area contributed by atoms with E-state index in [1.807, 2.05) is 30.3 Å². The van der Waals surface area contributed by atoms with Crippen molar-refractivity contribution >= 4 is 23.4 Å². The second-order valence-electron chi connectivity index (χ2n) is 8.85. The topological polar surface area (TPSA) is 147 Å². The molecule has 1 fully saturated rings. The average molecular weight is 519 g/mol. The van der Waals surface area contributed by atoms with Gasteiger partial charge in [0.15, 0.2) is 17.3 Å². The lowest BCUT2D eigenvalue weighted by Crippen LogP contribution is -2.44. The lowest BCUT2D eigenvalue weighted by Gasteiger charge is -2.28. The minimum absolute atomic E-state index is 0.0404. The van der Waals surface area contributed by atoms with Gasteiger partial charge in [-0.3, -0.25) is 4.79 Å². The molecule has 1 aliphatic heterocycles. The molecule has 0 spiro atoms. The normalized spacial score (nSPS) is 16.1. The molecule has 1 unspecified atom stereocenters. The van der Waals surface area contributed by atoms with Crippen LogP contribution in [0, 0.1) is 0 Å². The van der Waals surface area contributed by atoms with Gasteiger partial charge in [0.2, 0.25) is 5.91 Å². The number of likely N-dealkylation sites (tertiary alicyclic amines) is 1. The Morgan fingerprint density at radius 3 is 2.50 bits per heavy atom. The summed E-state index contributed by atoms with van der Waals surface area (Å²) in [6.07, 6.45) is 1.01. The molecule has 0 aromatic heterocycles. The van der Waals surface area contributed by atoms with Gasteiger partial charge in [0.1, 0.15) is 18.7 Å². The van der Waals surface area contributed by atoms with Crippen molar-refractivity contribution in [2.45, 2.75) is 31.5 Å². The summed E-state index contributed by atoms with van der Waals surface area (Å²) in [6, 6.07) is 19.8. The van der Waals surface area contributed by atoms with Crippen LogP contribution in [-0.4, -0.2) is 52.6 Å². The maximum atomic E-state index is 13.7. The van der Waals surface area contributed by atoms with Crippen molar-refractivity contribution in [1.29, 1.82) is 0 Å². The molecule has 1 amide bonds. The predicted molar refractivity (Wildman–Crippen MR) is 141 cm³/mol. The molecule has 10 heteroatoms. The number of amides is 1. The number of nitrogens with zero attached hydrogens (tertiary/aromatic N) is 2. The van der Waals surface area contributed by atoms with E-state index >= 15 is 0 Å². The van der Waals surface area contributed by atoms with E-state index in [4.69, 9.17) is 20.4 Å². The maximum absolute atomic E-state index is 13.7. The number of hydrogen-bond donors (Lipinski definition) is 4. The lowest BCUT2D eigenvalue weighted by atomic mass is 10.0. The molecule has 38 heavy (non-hydrogen) atoms. The van der Waals surface area contributed by atoms with Crippen molar-refractivity contribution in [3.8, 4) is 11.5 Å². The summed E-state index contributed by atoms with van der Waals surface area (Å²) in [6.45, 7) is 0.698. The van der Waals surface area contributed by atoms with Crippen LogP contribution >= 0.6 is 0 Å². The number of carboxylic acid groups (broad SMARTS) is 1. The summed E-state index contributed by atoms with van der Waals surface area (Å²) in [7, 11) is 1.52. The van der Waals surface area contributed by atoms with Crippen molar-refractivity contribution in [2.75, 3.05) is 19.0 Å². The van der Waals surface area contributed by atoms with Crippen LogP contribution in [-0.2, 0) is 16.2 Å². The van der Waals surface area contributed by atoms with E-state index in [0.29, 0.717) is 54.3 Å². The summed E-state index contributed by atoms with van der Waals surface area (Å²) >= 11 is 0. The van der Waals surface area contributed by atoms with E-state index in [-0.39, 0.29) is 11.7 Å². The smallest absolute Gasteiger partial charge is 0.326 e. The molecule has 3 aromatic carbocycles. The van der Waals surface area contributed by atoms with Crippen molar-refractivity contribution < 1.29 is 29.4 Å². The van der Waals surface area contributed by atoms with E-state index in [1.54, 1.807) is 42.5 Å². The third-order valence-electron chi connectivity index (χ3n) is 6.43. The molecule has 0 bridgehead atoms. The molecule has 0 radical (unpaired) electrons. The molecule has 2 atom stereocenters. The fraction of sp³-hybridized carbons (Fsp3) is 0.250. The van der Waals surface area contributed by atoms with E-state index < -0.39 is 18.1 Å². The number of aliphatic carboxylic acids is 1. The summed E-state index contributed by atoms with van der Waals surface area (Å²) in [5.41, 5.74) is 8.33. The van der Waals surface area contributed by atoms with Gasteiger partial charge in [-0.05, 0) is 60.4 Å². The van der Waals surface area contributed by atoms with Gasteiger partial charge in [0.05, 0.1) is 7.11 Å². The Morgan fingerprint density at radius 1 is 1.11 bits per heavy atom. The average Bonchev–Trinajstić information content (AvgIpc) is 3.45. The maximum Gasteiger partial charge on any atom is 0.326 e. The first-order chi connectivity index (χ1) is 18.4. The Bertz CT molecular complexity index is 1300. The van der Waals surface area contributed by atoms with Gasteiger partial charge in [0.25, 0.3) is 0 Å². The van der Waals surface area contributed by atoms with Crippen LogP contribution in [0.5, 0.6) is 11.5 Å². The number of carbonyl (C=O) groups excluding carboxylic acids is 1. The number of benzene rings is 3. The molecule has 5 N–H and O–H groups in total. The number of rotatable bonds is 10. The van der Waals surface area contributed by atoms with Crippen molar-refractivity contribution in [2.24, 2.45) is 10.9 Å². The van der Waals surface area contributed by atoms with E-state index in [1.165, 1.54) is 12.0 Å². The van der Waals surface area contributed by atoms with Crippen molar-refractivity contribution in [3.63, 3.8) is 0 Å². The third-order valence-corrected chi connectivity index (χ3v) is 6.43. The van der Waals surface area contributed by atoms with E-state index in [0.717, 1.165) is 5.56 Å². The second-order valence-corrected chi connectivity index (χ2v) is 8.85. The van der Waals surface area contributed by atoms with Gasteiger partial charge in [-0.15, -0.1) is 0 Å². The summed E-state index contributed by atoms with van der Waals surface area (Å²) in [4.78, 5) is 26.9. The molecule has 198 valence electrons. The molecular weight excluding hydrogens is 488 g/mol. The number of hydrogen-bond acceptors (Lipinski definition) is 7. The lowest BCUT2D eigenvalue weighted by molar-refractivity contribution is -0.148. The van der Waals surface area contributed by atoms with Crippen LogP contribution in [0.2, 0.25) is 0 Å². The summed E-state index contributed by atoms with van der Waals surface area (Å²) in [5, 5.41) is 24.8. The van der Waals surface area contributed by atoms with Crippen LogP contribution in [0.4, 0.5) is 5.69 Å². The zero-order chi connectivity index (χ0) is 27.1. The quantitative estimate of drug-likeness (QED) is 0.138. The molecule has 1 saturated heterocycles. The van der Waals surface area contributed by atoms with Crippen molar-refractivity contribution in [1.82, 2.24) is 4.90 Å². The summed E-state index contributed by atoms with van der Waals surface area (Å²) in [5.74, 6) is -0.479. The fourth-order valence-corrected chi connectivity index (χ4v) is 4.42. The highest BCUT2D eigenvalue weighted by atomic mass is 16.5. The third kappa shape index (κ3) is 5.97. The number of carboxylic acids is 1. The number of methoxy groups -OCH3 is 1. The van der Waals surface area contributed by atoms with Gasteiger partial charge in [-0.2, -0.15) is 0 Å². The number of oxime groups is 1. The highest BCUT2D eigenvalue weighted by Gasteiger charge is 2.38. The number of amidine groups is 1. The highest BCUT2D eigenvalue weighted by Crippen LogP contribution is 2.34. The highest BCUT2D eigenvalue weighted by molar-refractivity contribution is 5.97. The monoisotopic (exact) mass is 518 g/mol. The largest absolute Gasteiger partial charge is 0.493 e. The van der Waals surface area contributed by atoms with Gasteiger partial charge in [-0.1, -0.05) is 41.6 Å². The van der Waals surface area contributed by atoms with Crippen LogP contribution in [0.15, 0.2) is 78.0 Å². The van der Waals surface area contributed by atoms with E-state index in [2.05, 4.69) is 10.5 Å². The number of nitrogens with two attached hydrogens (primary N) is 1. The standard InChI is InChI=1S/C28H30N4O6/c1-37-24-16-20(11-14-23(24)38-17-18-6-3-2-4-7-18)25(27(33)32-15-5-8-22(32)28(34)35)30-21-12-9-19(10-13-21)26(29)31-36/h2-4,6-7,9-14,16,22,25,30,36H,5,8,15,17H2,1H3,(H2,29,31)(H,34,35)/t22?,25-/m0/s1. The number of nitrogens with one attached hydrogen (secondary N) is 1. The Labute approximate surface area is 220 Å². The van der Waals surface area contributed by atoms with Crippen LogP contribution in [0.3, 0.4) is 0 Å². The first kappa shape index (κ1) is 26.3. The molecular formula is C28H30N4O6. The van der Waals surface area contributed by atoms with Gasteiger partial charge in [0, 0.05) is 17.8 Å². The SMILES string of the molecule is COc1cc([C@H](Nc2ccc(C(N)=NO)cc2)C(=O)N2CCCC2C(=O)O)ccc1OCc1ccccc1. The molecule has 0 saturated carbocycles. The van der Waals surface area contributed by atoms with E-state index in [9.17, 15) is 14.7 Å². The van der Waals surface area contributed by atoms with Crippen LogP contribution in [0.25, 0.3) is 0 Å². The summed E-state index contributed by atoms with van der Waals surface area (Å²) < 4.78 is 11.5. The Morgan fingerprint density at radius 2 is 1.84 bits per heavy atom. The molecule has 3 aromatic rings. The predicted octanol–water partition coefficient (Wildman–Crippen LogP) is 3.60. The fourth-order valence-electron chi connectivity index (χ4n) is 4.42. The molecule has 4 rings (SSSR count). The zero-order valence-electron chi connectivity index (χ0n) is 20.9. The Balaban J connectivity index is 1.64. The van der Waals surface area contributed by atoms with Gasteiger partial charge >= 0.3 is 5.97 Å². The Hall–Kier alpha value is -4.73.